The van der Waals surface area contributed by atoms with E-state index in [0.29, 0.717) is 39.1 Å². The molecular formula is C12H16N2O5S. The summed E-state index contributed by atoms with van der Waals surface area (Å²) in [5.74, 6) is -0.600. The molecule has 7 nitrogen and oxygen atoms in total. The van der Waals surface area contributed by atoms with Crippen LogP contribution >= 0.6 is 0 Å². The molecule has 0 unspecified atom stereocenters. The van der Waals surface area contributed by atoms with Gasteiger partial charge in [0.1, 0.15) is 0 Å². The Morgan fingerprint density at radius 3 is 2.35 bits per heavy atom. The van der Waals surface area contributed by atoms with Gasteiger partial charge in [-0.15, -0.1) is 0 Å². The highest BCUT2D eigenvalue weighted by Gasteiger charge is 2.42. The fraction of sp³-hybridized carbons (Fsp3) is 0.583. The molecule has 0 amide bonds. The highest BCUT2D eigenvalue weighted by molar-refractivity contribution is 7.89. The molecule has 2 aliphatic heterocycles. The molecule has 2 fully saturated rings. The van der Waals surface area contributed by atoms with Crippen molar-refractivity contribution in [2.45, 2.75) is 23.5 Å². The van der Waals surface area contributed by atoms with Crippen molar-refractivity contribution in [1.82, 2.24) is 9.29 Å². The maximum Gasteiger partial charge on any atom is 0.247 e. The quantitative estimate of drug-likeness (QED) is 0.824. The van der Waals surface area contributed by atoms with Crippen molar-refractivity contribution in [3.63, 3.8) is 0 Å². The van der Waals surface area contributed by atoms with E-state index in [1.54, 1.807) is 0 Å². The molecule has 0 aromatic carbocycles. The molecule has 8 heteroatoms. The van der Waals surface area contributed by atoms with E-state index in [2.05, 4.69) is 4.98 Å². The number of pyridine rings is 1. The fourth-order valence-electron chi connectivity index (χ4n) is 2.56. The van der Waals surface area contributed by atoms with E-state index in [1.807, 2.05) is 0 Å². The van der Waals surface area contributed by atoms with Gasteiger partial charge in [0.15, 0.2) is 5.79 Å². The van der Waals surface area contributed by atoms with E-state index in [1.165, 1.54) is 22.6 Å². The zero-order valence-corrected chi connectivity index (χ0v) is 11.7. The van der Waals surface area contributed by atoms with Crippen molar-refractivity contribution >= 4 is 10.0 Å². The van der Waals surface area contributed by atoms with E-state index in [9.17, 15) is 13.2 Å². The maximum absolute atomic E-state index is 12.4. The Labute approximate surface area is 116 Å². The third-order valence-corrected chi connectivity index (χ3v) is 5.59. The number of H-pyrrole nitrogens is 1. The lowest BCUT2D eigenvalue weighted by molar-refractivity contribution is -0.179. The highest BCUT2D eigenvalue weighted by Crippen LogP contribution is 2.33. The smallest absolute Gasteiger partial charge is 0.247 e. The SMILES string of the molecule is O=c1ccc(S(=O)(=O)N2CCC3(CC2)OCCO3)c[nH]1. The van der Waals surface area contributed by atoms with Crippen molar-refractivity contribution < 1.29 is 17.9 Å². The first-order valence-electron chi connectivity index (χ1n) is 6.49. The second kappa shape index (κ2) is 4.96. The second-order valence-corrected chi connectivity index (χ2v) is 6.84. The van der Waals surface area contributed by atoms with Crippen LogP contribution < -0.4 is 5.56 Å². The third kappa shape index (κ3) is 2.39. The van der Waals surface area contributed by atoms with Crippen LogP contribution in [0.15, 0.2) is 28.0 Å². The van der Waals surface area contributed by atoms with E-state index < -0.39 is 15.8 Å². The molecule has 3 heterocycles. The first kappa shape index (κ1) is 13.7. The number of aromatic nitrogens is 1. The molecule has 1 N–H and O–H groups in total. The van der Waals surface area contributed by atoms with E-state index in [0.717, 1.165) is 0 Å². The van der Waals surface area contributed by atoms with Gasteiger partial charge < -0.3 is 14.5 Å². The minimum absolute atomic E-state index is 0.0984. The van der Waals surface area contributed by atoms with Gasteiger partial charge in [0.2, 0.25) is 15.6 Å². The monoisotopic (exact) mass is 300 g/mol. The lowest BCUT2D eigenvalue weighted by atomic mass is 10.1. The zero-order chi connectivity index (χ0) is 14.2. The summed E-state index contributed by atoms with van der Waals surface area (Å²) in [6.45, 7) is 1.82. The van der Waals surface area contributed by atoms with Crippen molar-refractivity contribution in [3.8, 4) is 0 Å². The number of nitrogens with zero attached hydrogens (tertiary/aromatic N) is 1. The van der Waals surface area contributed by atoms with Gasteiger partial charge in [-0.2, -0.15) is 4.31 Å². The highest BCUT2D eigenvalue weighted by atomic mass is 32.2. The predicted molar refractivity (Wildman–Crippen MR) is 69.7 cm³/mol. The number of nitrogens with one attached hydrogen (secondary N) is 1. The Bertz CT molecular complexity index is 618. The molecule has 2 saturated heterocycles. The van der Waals surface area contributed by atoms with Gasteiger partial charge in [0.25, 0.3) is 0 Å². The largest absolute Gasteiger partial charge is 0.347 e. The summed E-state index contributed by atoms with van der Waals surface area (Å²) in [5, 5.41) is 0. The van der Waals surface area contributed by atoms with Crippen molar-refractivity contribution in [2.24, 2.45) is 0 Å². The van der Waals surface area contributed by atoms with Gasteiger partial charge in [-0.1, -0.05) is 0 Å². The fourth-order valence-corrected chi connectivity index (χ4v) is 3.97. The van der Waals surface area contributed by atoms with Crippen LogP contribution in [0, 0.1) is 0 Å². The Hall–Kier alpha value is -1.22. The average Bonchev–Trinajstić information content (AvgIpc) is 2.88. The number of aromatic amines is 1. The molecule has 0 bridgehead atoms. The predicted octanol–water partition coefficient (Wildman–Crippen LogP) is -0.0975. The topological polar surface area (TPSA) is 88.7 Å². The first-order valence-corrected chi connectivity index (χ1v) is 7.93. The van der Waals surface area contributed by atoms with Crippen LogP contribution in [-0.4, -0.2) is 49.8 Å². The van der Waals surface area contributed by atoms with Gasteiger partial charge in [-0.05, 0) is 6.07 Å². The molecule has 2 aliphatic rings. The van der Waals surface area contributed by atoms with Gasteiger partial charge >= 0.3 is 0 Å². The molecule has 1 spiro atoms. The lowest BCUT2D eigenvalue weighted by Crippen LogP contribution is -2.47. The summed E-state index contributed by atoms with van der Waals surface area (Å²) >= 11 is 0. The van der Waals surface area contributed by atoms with Gasteiger partial charge in [-0.25, -0.2) is 8.42 Å². The van der Waals surface area contributed by atoms with Crippen LogP contribution in [0.5, 0.6) is 0 Å². The van der Waals surface area contributed by atoms with Gasteiger partial charge in [0.05, 0.1) is 18.1 Å². The zero-order valence-electron chi connectivity index (χ0n) is 10.9. The lowest BCUT2D eigenvalue weighted by Gasteiger charge is -2.36. The number of hydrogen-bond donors (Lipinski definition) is 1. The number of sulfonamides is 1. The Kier molecular flexibility index (Phi) is 3.41. The van der Waals surface area contributed by atoms with Crippen molar-refractivity contribution in [2.75, 3.05) is 26.3 Å². The van der Waals surface area contributed by atoms with Gasteiger partial charge in [0, 0.05) is 38.2 Å². The molecule has 110 valence electrons. The summed E-state index contributed by atoms with van der Waals surface area (Å²) in [4.78, 5) is 13.5. The summed E-state index contributed by atoms with van der Waals surface area (Å²) in [6.07, 6.45) is 2.27. The Morgan fingerprint density at radius 2 is 1.80 bits per heavy atom. The van der Waals surface area contributed by atoms with E-state index in [4.69, 9.17) is 9.47 Å². The third-order valence-electron chi connectivity index (χ3n) is 3.69. The van der Waals surface area contributed by atoms with Crippen LogP contribution in [0.25, 0.3) is 0 Å². The summed E-state index contributed by atoms with van der Waals surface area (Å²) in [7, 11) is -3.57. The summed E-state index contributed by atoms with van der Waals surface area (Å²) < 4.78 is 37.4. The van der Waals surface area contributed by atoms with Gasteiger partial charge in [-0.3, -0.25) is 4.79 Å². The van der Waals surface area contributed by atoms with Crippen LogP contribution in [0.1, 0.15) is 12.8 Å². The molecule has 0 aliphatic carbocycles. The van der Waals surface area contributed by atoms with Crippen LogP contribution in [0.4, 0.5) is 0 Å². The molecule has 0 radical (unpaired) electrons. The first-order chi connectivity index (χ1) is 9.52. The van der Waals surface area contributed by atoms with E-state index >= 15 is 0 Å². The summed E-state index contributed by atoms with van der Waals surface area (Å²) in [5.41, 5.74) is -0.325. The van der Waals surface area contributed by atoms with Crippen LogP contribution in [0.3, 0.4) is 0 Å². The second-order valence-electron chi connectivity index (χ2n) is 4.90. The minimum atomic E-state index is -3.57. The van der Waals surface area contributed by atoms with Crippen molar-refractivity contribution in [3.05, 3.63) is 28.7 Å². The van der Waals surface area contributed by atoms with E-state index in [-0.39, 0.29) is 10.5 Å². The molecular weight excluding hydrogens is 284 g/mol. The molecule has 3 rings (SSSR count). The average molecular weight is 300 g/mol. The molecule has 20 heavy (non-hydrogen) atoms. The van der Waals surface area contributed by atoms with Crippen molar-refractivity contribution in [1.29, 1.82) is 0 Å². The summed E-state index contributed by atoms with van der Waals surface area (Å²) in [6, 6.07) is 2.53. The van der Waals surface area contributed by atoms with Crippen LogP contribution in [0.2, 0.25) is 0 Å². The maximum atomic E-state index is 12.4. The molecule has 1 aromatic rings. The molecule has 0 saturated carbocycles. The molecule has 0 atom stereocenters. The standard InChI is InChI=1S/C12H16N2O5S/c15-11-2-1-10(9-13-11)20(16,17)14-5-3-12(4-6-14)18-7-8-19-12/h1-2,9H,3-8H2,(H,13,15). The number of hydrogen-bond acceptors (Lipinski definition) is 5. The number of piperidine rings is 1. The van der Waals surface area contributed by atoms with Crippen LogP contribution in [-0.2, 0) is 19.5 Å². The molecule has 1 aromatic heterocycles. The normalized spacial score (nSPS) is 23.2. The number of ether oxygens (including phenoxy) is 2. The Balaban J connectivity index is 1.76. The number of rotatable bonds is 2. The Morgan fingerprint density at radius 1 is 1.15 bits per heavy atom. The minimum Gasteiger partial charge on any atom is -0.347 e.